The van der Waals surface area contributed by atoms with Crippen LogP contribution in [0.25, 0.3) is 21.3 Å². The average molecular weight is 449 g/mol. The fraction of sp³-hybridized carbons (Fsp3) is 0.208. The Bertz CT molecular complexity index is 1320. The lowest BCUT2D eigenvalue weighted by atomic mass is 10.1. The van der Waals surface area contributed by atoms with Gasteiger partial charge < -0.3 is 10.2 Å². The molecule has 1 amide bonds. The van der Waals surface area contributed by atoms with E-state index in [9.17, 15) is 14.0 Å². The lowest BCUT2D eigenvalue weighted by Crippen LogP contribution is -2.27. The van der Waals surface area contributed by atoms with E-state index in [0.717, 1.165) is 24.3 Å². The minimum absolute atomic E-state index is 0.144. The zero-order valence-electron chi connectivity index (χ0n) is 17.3. The van der Waals surface area contributed by atoms with Crippen LogP contribution < -0.4 is 15.8 Å². The molecule has 5 rings (SSSR count). The van der Waals surface area contributed by atoms with E-state index in [2.05, 4.69) is 15.2 Å². The van der Waals surface area contributed by atoms with Gasteiger partial charge in [0.25, 0.3) is 5.56 Å². The van der Waals surface area contributed by atoms with E-state index in [1.54, 1.807) is 12.1 Å². The summed E-state index contributed by atoms with van der Waals surface area (Å²) in [6.07, 6.45) is 3.81. The normalized spacial score (nSPS) is 13.6. The van der Waals surface area contributed by atoms with Crippen LogP contribution in [0.1, 0.15) is 12.8 Å². The second-order valence-corrected chi connectivity index (χ2v) is 8.66. The summed E-state index contributed by atoms with van der Waals surface area (Å²) in [4.78, 5) is 32.9. The Balaban J connectivity index is 1.35. The van der Waals surface area contributed by atoms with Crippen LogP contribution in [0, 0.1) is 5.82 Å². The van der Waals surface area contributed by atoms with Crippen molar-refractivity contribution in [2.75, 3.05) is 23.3 Å². The topological polar surface area (TPSA) is 67.2 Å². The van der Waals surface area contributed by atoms with Gasteiger partial charge in [0.15, 0.2) is 0 Å². The van der Waals surface area contributed by atoms with Gasteiger partial charge in [-0.05, 0) is 54.8 Å². The molecule has 0 atom stereocenters. The number of hydrogen-bond acceptors (Lipinski definition) is 5. The Hall–Kier alpha value is -3.52. The summed E-state index contributed by atoms with van der Waals surface area (Å²) in [7, 11) is 0. The van der Waals surface area contributed by atoms with Gasteiger partial charge in [-0.15, -0.1) is 11.3 Å². The molecule has 8 heteroatoms. The molecule has 1 aliphatic heterocycles. The fourth-order valence-corrected chi connectivity index (χ4v) is 4.91. The van der Waals surface area contributed by atoms with Gasteiger partial charge in [0.05, 0.1) is 11.7 Å². The summed E-state index contributed by atoms with van der Waals surface area (Å²) in [5.74, 6) is -0.644. The predicted octanol–water partition coefficient (Wildman–Crippen LogP) is 4.50. The molecule has 1 aliphatic rings. The summed E-state index contributed by atoms with van der Waals surface area (Å²) in [5.41, 5.74) is 2.96. The molecule has 32 heavy (non-hydrogen) atoms. The van der Waals surface area contributed by atoms with Crippen molar-refractivity contribution in [2.24, 2.45) is 0 Å². The van der Waals surface area contributed by atoms with Crippen molar-refractivity contribution in [1.29, 1.82) is 0 Å². The molecule has 4 aromatic rings. The van der Waals surface area contributed by atoms with Crippen LogP contribution >= 0.6 is 11.3 Å². The highest BCUT2D eigenvalue weighted by Crippen LogP contribution is 2.30. The van der Waals surface area contributed by atoms with E-state index in [0.29, 0.717) is 21.5 Å². The van der Waals surface area contributed by atoms with Crippen molar-refractivity contribution in [3.05, 3.63) is 76.4 Å². The second kappa shape index (κ2) is 8.55. The van der Waals surface area contributed by atoms with Crippen LogP contribution in [0.2, 0.25) is 0 Å². The van der Waals surface area contributed by atoms with E-state index < -0.39 is 0 Å². The highest BCUT2D eigenvalue weighted by Gasteiger charge is 2.16. The minimum atomic E-state index is -0.339. The van der Waals surface area contributed by atoms with Crippen molar-refractivity contribution in [2.45, 2.75) is 19.4 Å². The van der Waals surface area contributed by atoms with Crippen molar-refractivity contribution in [1.82, 2.24) is 9.55 Å². The molecule has 0 aliphatic carbocycles. The van der Waals surface area contributed by atoms with E-state index >= 15 is 0 Å². The van der Waals surface area contributed by atoms with Gasteiger partial charge in [0.1, 0.15) is 17.2 Å². The number of hydrogen-bond donors (Lipinski definition) is 1. The summed E-state index contributed by atoms with van der Waals surface area (Å²) in [5, 5.41) is 5.11. The first-order chi connectivity index (χ1) is 15.6. The maximum absolute atomic E-state index is 13.3. The van der Waals surface area contributed by atoms with E-state index in [1.165, 1.54) is 47.2 Å². The minimum Gasteiger partial charge on any atom is -0.372 e. The summed E-state index contributed by atoms with van der Waals surface area (Å²) >= 11 is 1.35. The number of carbonyl (C=O) groups excluding carboxylic acids is 1. The first-order valence-corrected chi connectivity index (χ1v) is 11.3. The molecule has 0 bridgehead atoms. The van der Waals surface area contributed by atoms with Gasteiger partial charge in [0.2, 0.25) is 5.91 Å². The Labute approximate surface area is 187 Å². The van der Waals surface area contributed by atoms with E-state index in [1.807, 2.05) is 29.6 Å². The molecule has 3 heterocycles. The van der Waals surface area contributed by atoms with Crippen molar-refractivity contribution >= 4 is 38.8 Å². The number of carbonyl (C=O) groups is 1. The van der Waals surface area contributed by atoms with Crippen LogP contribution in [-0.4, -0.2) is 28.5 Å². The zero-order valence-corrected chi connectivity index (χ0v) is 18.1. The molecular weight excluding hydrogens is 427 g/mol. The number of nitrogens with one attached hydrogen (secondary N) is 1. The van der Waals surface area contributed by atoms with Gasteiger partial charge in [-0.25, -0.2) is 9.37 Å². The molecule has 0 saturated carbocycles. The van der Waals surface area contributed by atoms with Gasteiger partial charge in [0, 0.05) is 35.4 Å². The first kappa shape index (κ1) is 20.4. The molecule has 6 nitrogen and oxygen atoms in total. The molecule has 0 unspecified atom stereocenters. The molecule has 162 valence electrons. The SMILES string of the molecule is O=C(Cn1cnc2scc(-c3ccc(F)cc3)c2c1=O)Nc1ccc(N2CCCC2)cc1. The molecule has 0 radical (unpaired) electrons. The van der Waals surface area contributed by atoms with Gasteiger partial charge in [-0.2, -0.15) is 0 Å². The molecule has 2 aromatic carbocycles. The van der Waals surface area contributed by atoms with Crippen molar-refractivity contribution < 1.29 is 9.18 Å². The zero-order chi connectivity index (χ0) is 22.1. The van der Waals surface area contributed by atoms with Crippen molar-refractivity contribution in [3.8, 4) is 11.1 Å². The second-order valence-electron chi connectivity index (χ2n) is 7.80. The summed E-state index contributed by atoms with van der Waals surface area (Å²) in [6, 6.07) is 13.7. The quantitative estimate of drug-likeness (QED) is 0.488. The average Bonchev–Trinajstić information content (AvgIpc) is 3.48. The van der Waals surface area contributed by atoms with Gasteiger partial charge >= 0.3 is 0 Å². The molecule has 2 aromatic heterocycles. The van der Waals surface area contributed by atoms with Crippen LogP contribution in [0.5, 0.6) is 0 Å². The smallest absolute Gasteiger partial charge is 0.263 e. The third-order valence-corrected chi connectivity index (χ3v) is 6.54. The summed E-state index contributed by atoms with van der Waals surface area (Å²) in [6.45, 7) is 1.98. The number of aromatic nitrogens is 2. The highest BCUT2D eigenvalue weighted by molar-refractivity contribution is 7.17. The molecule has 0 spiro atoms. The Morgan fingerprint density at radius 2 is 1.78 bits per heavy atom. The number of thiophene rings is 1. The number of amides is 1. The number of halogens is 1. The van der Waals surface area contributed by atoms with Crippen LogP contribution in [0.4, 0.5) is 15.8 Å². The molecule has 1 fully saturated rings. The first-order valence-electron chi connectivity index (χ1n) is 10.5. The largest absolute Gasteiger partial charge is 0.372 e. The van der Waals surface area contributed by atoms with Crippen LogP contribution in [0.15, 0.2) is 65.0 Å². The van der Waals surface area contributed by atoms with E-state index in [-0.39, 0.29) is 23.8 Å². The number of fused-ring (bicyclic) bond motifs is 1. The Morgan fingerprint density at radius 3 is 2.50 bits per heavy atom. The van der Waals surface area contributed by atoms with Crippen molar-refractivity contribution in [3.63, 3.8) is 0 Å². The van der Waals surface area contributed by atoms with E-state index in [4.69, 9.17) is 0 Å². The maximum atomic E-state index is 13.3. The monoisotopic (exact) mass is 448 g/mol. The van der Waals surface area contributed by atoms with Crippen LogP contribution in [0.3, 0.4) is 0 Å². The third-order valence-electron chi connectivity index (χ3n) is 5.65. The third kappa shape index (κ3) is 4.01. The molecule has 1 saturated heterocycles. The number of anilines is 2. The molecule has 1 N–H and O–H groups in total. The fourth-order valence-electron chi connectivity index (χ4n) is 4.01. The Morgan fingerprint density at radius 1 is 1.06 bits per heavy atom. The number of rotatable bonds is 5. The lowest BCUT2D eigenvalue weighted by molar-refractivity contribution is -0.116. The molecular formula is C24H21FN4O2S. The highest BCUT2D eigenvalue weighted by atomic mass is 32.1. The number of benzene rings is 2. The van der Waals surface area contributed by atoms with Crippen LogP contribution in [-0.2, 0) is 11.3 Å². The predicted molar refractivity (Wildman–Crippen MR) is 126 cm³/mol. The lowest BCUT2D eigenvalue weighted by Gasteiger charge is -2.17. The standard InChI is InChI=1S/C24H21FN4O2S/c25-17-5-3-16(4-6-17)20-14-32-23-22(20)24(31)29(15-26-23)13-21(30)27-18-7-9-19(10-8-18)28-11-1-2-12-28/h3-10,14-15H,1-2,11-13H2,(H,27,30). The summed E-state index contributed by atoms with van der Waals surface area (Å²) < 4.78 is 14.6. The van der Waals surface area contributed by atoms with Gasteiger partial charge in [-0.3, -0.25) is 14.2 Å². The van der Waals surface area contributed by atoms with Gasteiger partial charge in [-0.1, -0.05) is 12.1 Å². The maximum Gasteiger partial charge on any atom is 0.263 e. The Kier molecular flexibility index (Phi) is 5.45. The number of nitrogens with zero attached hydrogens (tertiary/aromatic N) is 3.